The van der Waals surface area contributed by atoms with Crippen LogP contribution in [0.5, 0.6) is 0 Å². The van der Waals surface area contributed by atoms with Gasteiger partial charge in [0.2, 0.25) is 0 Å². The molecule has 5 nitrogen and oxygen atoms in total. The van der Waals surface area contributed by atoms with Gasteiger partial charge in [-0.1, -0.05) is 13.3 Å². The average Bonchev–Trinajstić information content (AvgIpc) is 2.67. The highest BCUT2D eigenvalue weighted by Gasteiger charge is 2.22. The summed E-state index contributed by atoms with van der Waals surface area (Å²) in [6.07, 6.45) is 1.78. The topological polar surface area (TPSA) is 65.4 Å². The molecule has 0 aliphatic carbocycles. The Hall–Kier alpha value is -1.70. The molecule has 0 aromatic carbocycles. The van der Waals surface area contributed by atoms with Crippen LogP contribution in [0.4, 0.5) is 0 Å². The van der Waals surface area contributed by atoms with Gasteiger partial charge in [-0.25, -0.2) is 4.79 Å². The van der Waals surface area contributed by atoms with E-state index in [0.717, 1.165) is 25.9 Å². The fourth-order valence-electron chi connectivity index (χ4n) is 1.44. The van der Waals surface area contributed by atoms with Crippen molar-refractivity contribution in [1.29, 1.82) is 5.26 Å². The normalized spacial score (nSPS) is 17.7. The number of rotatable bonds is 4. The molecule has 0 bridgehead atoms. The molecule has 1 saturated heterocycles. The minimum absolute atomic E-state index is 0.0658. The number of nitrogens with zero attached hydrogens (tertiary/aromatic N) is 2. The number of unbranched alkanes of at least 4 members (excludes halogenated alkanes) is 1. The van der Waals surface area contributed by atoms with Crippen molar-refractivity contribution in [2.45, 2.75) is 19.8 Å². The van der Waals surface area contributed by atoms with E-state index < -0.39 is 5.97 Å². The lowest BCUT2D eigenvalue weighted by molar-refractivity contribution is -0.138. The van der Waals surface area contributed by atoms with E-state index in [1.54, 1.807) is 0 Å². The Bertz CT molecular complexity index is 331. The van der Waals surface area contributed by atoms with Crippen LogP contribution in [0.25, 0.3) is 0 Å². The Morgan fingerprint density at radius 1 is 1.69 bits per heavy atom. The maximum absolute atomic E-state index is 11.6. The fourth-order valence-corrected chi connectivity index (χ4v) is 1.44. The Balaban J connectivity index is 2.67. The van der Waals surface area contributed by atoms with Gasteiger partial charge in [0.15, 0.2) is 5.57 Å². The lowest BCUT2D eigenvalue weighted by Crippen LogP contribution is -2.21. The minimum Gasteiger partial charge on any atom is -0.461 e. The molecule has 1 aliphatic heterocycles. The largest absolute Gasteiger partial charge is 0.461 e. The maximum atomic E-state index is 11.6. The van der Waals surface area contributed by atoms with Crippen LogP contribution in [0.2, 0.25) is 0 Å². The summed E-state index contributed by atoms with van der Waals surface area (Å²) in [7, 11) is 1.84. The first-order valence-electron chi connectivity index (χ1n) is 5.47. The van der Waals surface area contributed by atoms with E-state index in [4.69, 9.17) is 10.00 Å². The minimum atomic E-state index is -0.535. The molecule has 88 valence electrons. The summed E-state index contributed by atoms with van der Waals surface area (Å²) in [6, 6.07) is 1.90. The molecule has 0 aromatic rings. The number of hydrogen-bond donors (Lipinski definition) is 1. The molecule has 0 amide bonds. The number of hydrogen-bond acceptors (Lipinski definition) is 5. The highest BCUT2D eigenvalue weighted by Crippen LogP contribution is 2.11. The number of nitrogens with one attached hydrogen (secondary N) is 1. The van der Waals surface area contributed by atoms with Crippen LogP contribution in [-0.2, 0) is 9.53 Å². The predicted molar refractivity (Wildman–Crippen MR) is 59.1 cm³/mol. The van der Waals surface area contributed by atoms with Gasteiger partial charge < -0.3 is 15.0 Å². The number of esters is 1. The van der Waals surface area contributed by atoms with Gasteiger partial charge in [-0.3, -0.25) is 0 Å². The maximum Gasteiger partial charge on any atom is 0.352 e. The van der Waals surface area contributed by atoms with Crippen LogP contribution in [0, 0.1) is 11.3 Å². The summed E-state index contributed by atoms with van der Waals surface area (Å²) in [6.45, 7) is 3.93. The Labute approximate surface area is 95.7 Å². The molecular formula is C11H17N3O2. The third-order valence-corrected chi connectivity index (χ3v) is 2.41. The summed E-state index contributed by atoms with van der Waals surface area (Å²) >= 11 is 0. The zero-order valence-electron chi connectivity index (χ0n) is 9.75. The highest BCUT2D eigenvalue weighted by molar-refractivity contribution is 5.93. The van der Waals surface area contributed by atoms with Crippen LogP contribution in [-0.4, -0.2) is 37.6 Å². The first kappa shape index (κ1) is 12.4. The summed E-state index contributed by atoms with van der Waals surface area (Å²) < 4.78 is 5.01. The van der Waals surface area contributed by atoms with Crippen LogP contribution in [0.15, 0.2) is 11.4 Å². The number of carbonyl (C=O) groups excluding carboxylic acids is 1. The number of likely N-dealkylation sites (N-methyl/N-ethyl adjacent to an activating group) is 1. The monoisotopic (exact) mass is 223 g/mol. The molecule has 1 fully saturated rings. The van der Waals surface area contributed by atoms with Crippen LogP contribution < -0.4 is 5.32 Å². The molecule has 1 aliphatic rings. The molecular weight excluding hydrogens is 206 g/mol. The average molecular weight is 223 g/mol. The smallest absolute Gasteiger partial charge is 0.352 e. The van der Waals surface area contributed by atoms with Gasteiger partial charge in [-0.05, 0) is 6.42 Å². The molecule has 0 aromatic heterocycles. The lowest BCUT2D eigenvalue weighted by atomic mass is 10.3. The second-order valence-corrected chi connectivity index (χ2v) is 3.67. The van der Waals surface area contributed by atoms with Gasteiger partial charge in [0.25, 0.3) is 0 Å². The zero-order chi connectivity index (χ0) is 12.0. The van der Waals surface area contributed by atoms with E-state index >= 15 is 0 Å². The lowest BCUT2D eigenvalue weighted by Gasteiger charge is -2.13. The van der Waals surface area contributed by atoms with Gasteiger partial charge in [0.1, 0.15) is 11.9 Å². The van der Waals surface area contributed by atoms with E-state index in [1.165, 1.54) is 0 Å². The molecule has 1 rings (SSSR count). The molecule has 0 spiro atoms. The number of nitriles is 1. The molecule has 0 radical (unpaired) electrons. The van der Waals surface area contributed by atoms with Crippen molar-refractivity contribution in [2.75, 3.05) is 26.7 Å². The first-order chi connectivity index (χ1) is 7.70. The van der Waals surface area contributed by atoms with E-state index in [0.29, 0.717) is 12.4 Å². The quantitative estimate of drug-likeness (QED) is 0.327. The van der Waals surface area contributed by atoms with Crippen molar-refractivity contribution in [1.82, 2.24) is 10.2 Å². The van der Waals surface area contributed by atoms with Crippen molar-refractivity contribution >= 4 is 5.97 Å². The summed E-state index contributed by atoms with van der Waals surface area (Å²) in [5, 5.41) is 12.0. The van der Waals surface area contributed by atoms with E-state index in [-0.39, 0.29) is 5.57 Å². The molecule has 5 heteroatoms. The fraction of sp³-hybridized carbons (Fsp3) is 0.636. The summed E-state index contributed by atoms with van der Waals surface area (Å²) in [5.74, 6) is 0.0381. The van der Waals surface area contributed by atoms with Crippen molar-refractivity contribution < 1.29 is 9.53 Å². The third kappa shape index (κ3) is 2.89. The summed E-state index contributed by atoms with van der Waals surface area (Å²) in [4.78, 5) is 13.5. The number of ether oxygens (including phenoxy) is 1. The molecule has 16 heavy (non-hydrogen) atoms. The van der Waals surface area contributed by atoms with Crippen molar-refractivity contribution in [3.05, 3.63) is 11.4 Å². The number of carbonyl (C=O) groups is 1. The van der Waals surface area contributed by atoms with Crippen molar-refractivity contribution in [3.63, 3.8) is 0 Å². The second kappa shape index (κ2) is 6.01. The Morgan fingerprint density at radius 2 is 2.44 bits per heavy atom. The standard InChI is InChI=1S/C11H17N3O2/c1-3-4-7-16-11(15)9(8-12)10-13-5-6-14(10)2/h13H,3-7H2,1-2H3. The second-order valence-electron chi connectivity index (χ2n) is 3.67. The van der Waals surface area contributed by atoms with Crippen molar-refractivity contribution in [2.24, 2.45) is 0 Å². The molecule has 1 heterocycles. The van der Waals surface area contributed by atoms with E-state index in [2.05, 4.69) is 5.32 Å². The highest BCUT2D eigenvalue weighted by atomic mass is 16.5. The van der Waals surface area contributed by atoms with E-state index in [9.17, 15) is 4.79 Å². The van der Waals surface area contributed by atoms with Crippen LogP contribution >= 0.6 is 0 Å². The Kier molecular flexibility index (Phi) is 4.65. The molecule has 0 atom stereocenters. The van der Waals surface area contributed by atoms with E-state index in [1.807, 2.05) is 24.9 Å². The molecule has 0 saturated carbocycles. The van der Waals surface area contributed by atoms with Gasteiger partial charge in [-0.2, -0.15) is 5.26 Å². The van der Waals surface area contributed by atoms with Gasteiger partial charge >= 0.3 is 5.97 Å². The van der Waals surface area contributed by atoms with Gasteiger partial charge in [-0.15, -0.1) is 0 Å². The summed E-state index contributed by atoms with van der Waals surface area (Å²) in [5.41, 5.74) is 0.0658. The molecule has 0 unspecified atom stereocenters. The molecule has 1 N–H and O–H groups in total. The van der Waals surface area contributed by atoms with Gasteiger partial charge in [0, 0.05) is 20.1 Å². The Morgan fingerprint density at radius 3 is 2.94 bits per heavy atom. The third-order valence-electron chi connectivity index (χ3n) is 2.41. The van der Waals surface area contributed by atoms with Crippen LogP contribution in [0.3, 0.4) is 0 Å². The SMILES string of the molecule is CCCCOC(=O)C(C#N)=C1NCCN1C. The van der Waals surface area contributed by atoms with Crippen LogP contribution in [0.1, 0.15) is 19.8 Å². The van der Waals surface area contributed by atoms with Crippen molar-refractivity contribution in [3.8, 4) is 6.07 Å². The predicted octanol–water partition coefficient (Wildman–Crippen LogP) is 0.600. The first-order valence-corrected chi connectivity index (χ1v) is 5.47. The van der Waals surface area contributed by atoms with Gasteiger partial charge in [0.05, 0.1) is 6.61 Å². The zero-order valence-corrected chi connectivity index (χ0v) is 9.75.